The zero-order chi connectivity index (χ0) is 12.5. The summed E-state index contributed by atoms with van der Waals surface area (Å²) in [5, 5.41) is 14.2. The van der Waals surface area contributed by atoms with Gasteiger partial charge < -0.3 is 15.0 Å². The molecule has 1 aliphatic heterocycles. The van der Waals surface area contributed by atoms with E-state index >= 15 is 0 Å². The van der Waals surface area contributed by atoms with Crippen molar-refractivity contribution in [1.29, 1.82) is 0 Å². The van der Waals surface area contributed by atoms with Crippen LogP contribution in [0.2, 0.25) is 0 Å². The average molecular weight is 245 g/mol. The molecule has 1 aliphatic rings. The lowest BCUT2D eigenvalue weighted by Crippen LogP contribution is -2.42. The van der Waals surface area contributed by atoms with E-state index < -0.39 is 0 Å². The molecular weight excluding hydrogens is 226 g/mol. The first-order valence-corrected chi connectivity index (χ1v) is 6.44. The quantitative estimate of drug-likeness (QED) is 0.837. The Morgan fingerprint density at radius 3 is 2.83 bits per heavy atom. The Bertz CT molecular complexity index is 555. The van der Waals surface area contributed by atoms with E-state index in [1.54, 1.807) is 6.07 Å². The molecule has 0 bridgehead atoms. The van der Waals surface area contributed by atoms with Gasteiger partial charge in [0.25, 0.3) is 0 Å². The molecule has 2 N–H and O–H groups in total. The summed E-state index contributed by atoms with van der Waals surface area (Å²) in [5.74, 6) is 0.343. The molecule has 0 amide bonds. The van der Waals surface area contributed by atoms with Crippen LogP contribution in [-0.4, -0.2) is 40.8 Å². The highest BCUT2D eigenvalue weighted by Gasteiger charge is 2.13. The Morgan fingerprint density at radius 1 is 1.28 bits per heavy atom. The van der Waals surface area contributed by atoms with Gasteiger partial charge in [0.15, 0.2) is 0 Å². The van der Waals surface area contributed by atoms with E-state index in [1.165, 1.54) is 11.1 Å². The first kappa shape index (κ1) is 11.6. The van der Waals surface area contributed by atoms with Crippen LogP contribution in [0.15, 0.2) is 24.4 Å². The van der Waals surface area contributed by atoms with E-state index in [-0.39, 0.29) is 0 Å². The number of benzene rings is 1. The maximum Gasteiger partial charge on any atom is 0.116 e. The number of fused-ring (bicyclic) bond motifs is 1. The van der Waals surface area contributed by atoms with Crippen LogP contribution in [0, 0.1) is 0 Å². The molecule has 2 aromatic rings. The van der Waals surface area contributed by atoms with Gasteiger partial charge in [-0.3, -0.25) is 4.90 Å². The summed E-state index contributed by atoms with van der Waals surface area (Å²) in [7, 11) is 2.06. The van der Waals surface area contributed by atoms with Crippen molar-refractivity contribution in [2.45, 2.75) is 6.54 Å². The van der Waals surface area contributed by atoms with Crippen molar-refractivity contribution in [3.63, 3.8) is 0 Å². The van der Waals surface area contributed by atoms with E-state index in [9.17, 15) is 5.11 Å². The fraction of sp³-hybridized carbons (Fsp3) is 0.429. The van der Waals surface area contributed by atoms with Gasteiger partial charge in [-0.1, -0.05) is 0 Å². The van der Waals surface area contributed by atoms with Crippen molar-refractivity contribution in [3.8, 4) is 5.75 Å². The van der Waals surface area contributed by atoms with Crippen molar-refractivity contribution < 1.29 is 5.11 Å². The molecule has 0 atom stereocenters. The second-order valence-corrected chi connectivity index (χ2v) is 4.99. The average Bonchev–Trinajstić information content (AvgIpc) is 2.67. The molecule has 4 heteroatoms. The van der Waals surface area contributed by atoms with E-state index in [2.05, 4.69) is 28.0 Å². The van der Waals surface area contributed by atoms with Crippen LogP contribution in [-0.2, 0) is 13.6 Å². The molecule has 18 heavy (non-hydrogen) atoms. The van der Waals surface area contributed by atoms with E-state index in [0.717, 1.165) is 38.1 Å². The second kappa shape index (κ2) is 4.63. The molecule has 96 valence electrons. The van der Waals surface area contributed by atoms with Gasteiger partial charge in [0, 0.05) is 56.9 Å². The SMILES string of the molecule is Cn1cc(CN2CCNCC2)c2cc(O)ccc21. The van der Waals surface area contributed by atoms with Crippen LogP contribution in [0.5, 0.6) is 5.75 Å². The first-order chi connectivity index (χ1) is 8.74. The van der Waals surface area contributed by atoms with Crippen LogP contribution >= 0.6 is 0 Å². The molecule has 0 spiro atoms. The Labute approximate surface area is 107 Å². The summed E-state index contributed by atoms with van der Waals surface area (Å²) in [6.07, 6.45) is 2.17. The number of aromatic hydroxyl groups is 1. The number of aromatic nitrogens is 1. The Morgan fingerprint density at radius 2 is 2.06 bits per heavy atom. The van der Waals surface area contributed by atoms with E-state index in [1.807, 2.05) is 12.1 Å². The van der Waals surface area contributed by atoms with E-state index in [4.69, 9.17) is 0 Å². The number of phenolic OH excluding ortho intramolecular Hbond substituents is 1. The lowest BCUT2D eigenvalue weighted by molar-refractivity contribution is 0.234. The fourth-order valence-electron chi connectivity index (χ4n) is 2.70. The molecule has 0 unspecified atom stereocenters. The van der Waals surface area contributed by atoms with Crippen molar-refractivity contribution in [2.24, 2.45) is 7.05 Å². The summed E-state index contributed by atoms with van der Waals surface area (Å²) in [4.78, 5) is 2.45. The van der Waals surface area contributed by atoms with Crippen molar-refractivity contribution in [3.05, 3.63) is 30.0 Å². The van der Waals surface area contributed by atoms with Gasteiger partial charge in [-0.15, -0.1) is 0 Å². The summed E-state index contributed by atoms with van der Waals surface area (Å²) < 4.78 is 2.13. The van der Waals surface area contributed by atoms with Gasteiger partial charge in [-0.2, -0.15) is 0 Å². The lowest BCUT2D eigenvalue weighted by atomic mass is 10.1. The summed E-state index contributed by atoms with van der Waals surface area (Å²) >= 11 is 0. The predicted molar refractivity (Wildman–Crippen MR) is 72.7 cm³/mol. The normalized spacial score (nSPS) is 17.4. The number of nitrogens with zero attached hydrogens (tertiary/aromatic N) is 2. The Hall–Kier alpha value is -1.52. The molecular formula is C14H19N3O. The van der Waals surface area contributed by atoms with Crippen molar-refractivity contribution >= 4 is 10.9 Å². The van der Waals surface area contributed by atoms with Gasteiger partial charge in [0.05, 0.1) is 0 Å². The fourth-order valence-corrected chi connectivity index (χ4v) is 2.70. The highest BCUT2D eigenvalue weighted by Crippen LogP contribution is 2.25. The Kier molecular flexibility index (Phi) is 2.97. The van der Waals surface area contributed by atoms with Gasteiger partial charge in [-0.05, 0) is 23.8 Å². The molecule has 0 saturated carbocycles. The van der Waals surface area contributed by atoms with Crippen LogP contribution in [0.4, 0.5) is 0 Å². The molecule has 3 rings (SSSR count). The van der Waals surface area contributed by atoms with Gasteiger partial charge in [0.1, 0.15) is 5.75 Å². The predicted octanol–water partition coefficient (Wildman–Crippen LogP) is 1.29. The topological polar surface area (TPSA) is 40.4 Å². The smallest absolute Gasteiger partial charge is 0.116 e. The molecule has 1 aromatic heterocycles. The standard InChI is InChI=1S/C14H19N3O/c1-16-9-11(10-17-6-4-15-5-7-17)13-8-12(18)2-3-14(13)16/h2-3,8-9,15,18H,4-7,10H2,1H3. The highest BCUT2D eigenvalue weighted by molar-refractivity contribution is 5.85. The number of hydrogen-bond acceptors (Lipinski definition) is 3. The van der Waals surface area contributed by atoms with Crippen LogP contribution in [0.1, 0.15) is 5.56 Å². The summed E-state index contributed by atoms with van der Waals surface area (Å²) in [6.45, 7) is 5.28. The third-order valence-electron chi connectivity index (χ3n) is 3.66. The minimum absolute atomic E-state index is 0.343. The number of nitrogens with one attached hydrogen (secondary N) is 1. The van der Waals surface area contributed by atoms with Crippen molar-refractivity contribution in [1.82, 2.24) is 14.8 Å². The van der Waals surface area contributed by atoms with Crippen molar-refractivity contribution in [2.75, 3.05) is 26.2 Å². The third kappa shape index (κ3) is 2.09. The number of piperazine rings is 1. The van der Waals surface area contributed by atoms with Gasteiger partial charge in [-0.25, -0.2) is 0 Å². The minimum atomic E-state index is 0.343. The summed E-state index contributed by atoms with van der Waals surface area (Å²) in [6, 6.07) is 5.59. The zero-order valence-corrected chi connectivity index (χ0v) is 10.7. The van der Waals surface area contributed by atoms with Crippen LogP contribution in [0.3, 0.4) is 0 Å². The van der Waals surface area contributed by atoms with Gasteiger partial charge >= 0.3 is 0 Å². The van der Waals surface area contributed by atoms with Crippen LogP contribution in [0.25, 0.3) is 10.9 Å². The monoisotopic (exact) mass is 245 g/mol. The Balaban J connectivity index is 1.93. The largest absolute Gasteiger partial charge is 0.508 e. The molecule has 4 nitrogen and oxygen atoms in total. The number of aryl methyl sites for hydroxylation is 1. The molecule has 1 aromatic carbocycles. The molecule has 1 saturated heterocycles. The maximum atomic E-state index is 9.64. The molecule has 2 heterocycles. The molecule has 1 fully saturated rings. The second-order valence-electron chi connectivity index (χ2n) is 4.99. The van der Waals surface area contributed by atoms with Crippen LogP contribution < -0.4 is 5.32 Å². The number of rotatable bonds is 2. The van der Waals surface area contributed by atoms with E-state index in [0.29, 0.717) is 5.75 Å². The van der Waals surface area contributed by atoms with Gasteiger partial charge in [0.2, 0.25) is 0 Å². The highest BCUT2D eigenvalue weighted by atomic mass is 16.3. The number of hydrogen-bond donors (Lipinski definition) is 2. The summed E-state index contributed by atoms with van der Waals surface area (Å²) in [5.41, 5.74) is 2.48. The molecule has 0 aliphatic carbocycles. The lowest BCUT2D eigenvalue weighted by Gasteiger charge is -2.26. The minimum Gasteiger partial charge on any atom is -0.508 e. The maximum absolute atomic E-state index is 9.64. The first-order valence-electron chi connectivity index (χ1n) is 6.44. The molecule has 0 radical (unpaired) electrons. The zero-order valence-electron chi connectivity index (χ0n) is 10.7. The number of phenols is 1. The third-order valence-corrected chi connectivity index (χ3v) is 3.66.